The van der Waals surface area contributed by atoms with Gasteiger partial charge in [0.1, 0.15) is 5.69 Å². The lowest BCUT2D eigenvalue weighted by molar-refractivity contribution is 0.00940. The van der Waals surface area contributed by atoms with E-state index in [0.717, 1.165) is 18.4 Å². The van der Waals surface area contributed by atoms with Crippen LogP contribution in [0.15, 0.2) is 30.3 Å². The third kappa shape index (κ3) is 3.21. The van der Waals surface area contributed by atoms with Crippen molar-refractivity contribution >= 4 is 11.7 Å². The summed E-state index contributed by atoms with van der Waals surface area (Å²) in [5, 5.41) is 17.4. The van der Waals surface area contributed by atoms with Gasteiger partial charge in [-0.25, -0.2) is 0 Å². The monoisotopic (exact) mass is 369 g/mol. The minimum atomic E-state index is -0.334. The number of nitrogen functional groups attached to an aromatic ring is 1. The van der Waals surface area contributed by atoms with Crippen molar-refractivity contribution in [1.82, 2.24) is 20.0 Å². The Morgan fingerprint density at radius 1 is 1.22 bits per heavy atom. The number of likely N-dealkylation sites (N-methyl/N-ethyl adjacent to an activating group) is 1. The van der Waals surface area contributed by atoms with E-state index in [2.05, 4.69) is 15.1 Å². The molecule has 144 valence electrons. The van der Waals surface area contributed by atoms with Crippen LogP contribution in [0.4, 0.5) is 5.82 Å². The largest absolute Gasteiger partial charge is 0.391 e. The number of amides is 1. The van der Waals surface area contributed by atoms with Gasteiger partial charge in [0.25, 0.3) is 5.91 Å². The van der Waals surface area contributed by atoms with Crippen LogP contribution in [0, 0.1) is 11.8 Å². The predicted octanol–water partition coefficient (Wildman–Crippen LogP) is 1.43. The van der Waals surface area contributed by atoms with E-state index in [1.807, 2.05) is 49.3 Å². The number of likely N-dealkylation sites (tertiary alicyclic amines) is 1. The van der Waals surface area contributed by atoms with E-state index in [9.17, 15) is 9.90 Å². The maximum atomic E-state index is 13.2. The number of nitrogens with one attached hydrogen (secondary N) is 1. The maximum Gasteiger partial charge on any atom is 0.272 e. The molecule has 1 saturated heterocycles. The number of aliphatic hydroxyl groups excluding tert-OH is 1. The van der Waals surface area contributed by atoms with Crippen molar-refractivity contribution in [3.63, 3.8) is 0 Å². The van der Waals surface area contributed by atoms with Gasteiger partial charge >= 0.3 is 0 Å². The average Bonchev–Trinajstić information content (AvgIpc) is 3.24. The van der Waals surface area contributed by atoms with Gasteiger partial charge in [0.2, 0.25) is 0 Å². The third-order valence-electron chi connectivity index (χ3n) is 6.13. The summed E-state index contributed by atoms with van der Waals surface area (Å²) in [7, 11) is 4.01. The fourth-order valence-electron chi connectivity index (χ4n) is 4.69. The molecule has 1 aromatic heterocycles. The molecule has 1 aromatic carbocycles. The van der Waals surface area contributed by atoms with E-state index < -0.39 is 0 Å². The van der Waals surface area contributed by atoms with Gasteiger partial charge in [-0.15, -0.1) is 0 Å². The van der Waals surface area contributed by atoms with Crippen LogP contribution in [0.3, 0.4) is 0 Å². The number of H-pyrrole nitrogens is 1. The number of fused-ring (bicyclic) bond motifs is 1. The van der Waals surface area contributed by atoms with Gasteiger partial charge in [-0.05, 0) is 44.3 Å². The zero-order valence-electron chi connectivity index (χ0n) is 15.8. The van der Waals surface area contributed by atoms with Crippen molar-refractivity contribution in [1.29, 1.82) is 0 Å². The highest BCUT2D eigenvalue weighted by molar-refractivity contribution is 6.01. The zero-order valence-corrected chi connectivity index (χ0v) is 15.8. The Morgan fingerprint density at radius 3 is 2.56 bits per heavy atom. The van der Waals surface area contributed by atoms with Gasteiger partial charge < -0.3 is 20.6 Å². The highest BCUT2D eigenvalue weighted by Gasteiger charge is 2.44. The summed E-state index contributed by atoms with van der Waals surface area (Å²) < 4.78 is 0. The highest BCUT2D eigenvalue weighted by atomic mass is 16.3. The highest BCUT2D eigenvalue weighted by Crippen LogP contribution is 2.39. The molecular formula is C20H27N5O2. The first-order valence-electron chi connectivity index (χ1n) is 9.48. The molecule has 1 amide bonds. The summed E-state index contributed by atoms with van der Waals surface area (Å²) in [5.41, 5.74) is 8.04. The number of rotatable bonds is 3. The lowest BCUT2D eigenvalue weighted by Crippen LogP contribution is -2.46. The minimum absolute atomic E-state index is 0.0663. The molecule has 27 heavy (non-hydrogen) atoms. The first kappa shape index (κ1) is 18.0. The van der Waals surface area contributed by atoms with E-state index in [4.69, 9.17) is 5.73 Å². The minimum Gasteiger partial charge on any atom is -0.391 e. The van der Waals surface area contributed by atoms with Gasteiger partial charge in [0.05, 0.1) is 11.7 Å². The van der Waals surface area contributed by atoms with Crippen LogP contribution in [0.2, 0.25) is 0 Å². The summed E-state index contributed by atoms with van der Waals surface area (Å²) >= 11 is 0. The number of aromatic amines is 1. The van der Waals surface area contributed by atoms with Gasteiger partial charge in [-0.3, -0.25) is 9.89 Å². The number of nitrogens with zero attached hydrogens (tertiary/aromatic N) is 3. The van der Waals surface area contributed by atoms with Crippen LogP contribution < -0.4 is 5.73 Å². The Labute approximate surface area is 159 Å². The molecule has 2 aliphatic rings. The zero-order chi connectivity index (χ0) is 19.1. The number of carbonyl (C=O) groups excluding carboxylic acids is 1. The van der Waals surface area contributed by atoms with E-state index in [1.165, 1.54) is 0 Å². The number of hydrogen-bond donors (Lipinski definition) is 3. The van der Waals surface area contributed by atoms with Gasteiger partial charge in [-0.1, -0.05) is 30.3 Å². The molecular weight excluding hydrogens is 342 g/mol. The van der Waals surface area contributed by atoms with E-state index in [0.29, 0.717) is 42.0 Å². The first-order valence-corrected chi connectivity index (χ1v) is 9.48. The second kappa shape index (κ2) is 6.98. The average molecular weight is 369 g/mol. The van der Waals surface area contributed by atoms with Crippen molar-refractivity contribution < 1.29 is 9.90 Å². The number of benzene rings is 1. The summed E-state index contributed by atoms with van der Waals surface area (Å²) in [5.74, 6) is 1.04. The number of aliphatic hydroxyl groups is 1. The Bertz CT molecular complexity index is 819. The quantitative estimate of drug-likeness (QED) is 0.760. The SMILES string of the molecule is CN(C)[C@@H]1C[C@@H]2CN(C(=O)c3[nH]nc(N)c3-c3ccccc3)C[C@@H]2C[C@H]1O. The smallest absolute Gasteiger partial charge is 0.272 e. The molecule has 1 aliphatic heterocycles. The van der Waals surface area contributed by atoms with Crippen molar-refractivity contribution in [3.05, 3.63) is 36.0 Å². The summed E-state index contributed by atoms with van der Waals surface area (Å²) in [6.45, 7) is 1.39. The molecule has 2 aromatic rings. The normalized spacial score (nSPS) is 27.8. The Kier molecular flexibility index (Phi) is 4.65. The Hall–Kier alpha value is -2.38. The molecule has 0 unspecified atom stereocenters. The third-order valence-corrected chi connectivity index (χ3v) is 6.13. The lowest BCUT2D eigenvalue weighted by atomic mass is 9.77. The fraction of sp³-hybridized carbons (Fsp3) is 0.500. The molecule has 4 rings (SSSR count). The molecule has 0 bridgehead atoms. The number of hydrogen-bond acceptors (Lipinski definition) is 5. The van der Waals surface area contributed by atoms with Crippen LogP contribution in [-0.4, -0.2) is 70.3 Å². The number of anilines is 1. The van der Waals surface area contributed by atoms with Crippen molar-refractivity contribution in [3.8, 4) is 11.1 Å². The molecule has 1 aliphatic carbocycles. The molecule has 7 nitrogen and oxygen atoms in total. The van der Waals surface area contributed by atoms with Crippen molar-refractivity contribution in [2.45, 2.75) is 25.0 Å². The molecule has 2 fully saturated rings. The standard InChI is InChI=1S/C20H27N5O2/c1-24(2)15-8-13-10-25(11-14(13)9-16(15)26)20(27)18-17(19(21)23-22-18)12-6-4-3-5-7-12/h3-7,13-16,26H,8-11H2,1-2H3,(H3,21,22,23)/t13-,14+,15-,16-/m1/s1. The topological polar surface area (TPSA) is 98.5 Å². The number of carbonyl (C=O) groups is 1. The van der Waals surface area contributed by atoms with E-state index >= 15 is 0 Å². The molecule has 7 heteroatoms. The number of aromatic nitrogens is 2. The summed E-state index contributed by atoms with van der Waals surface area (Å²) in [6.07, 6.45) is 1.33. The van der Waals surface area contributed by atoms with Crippen molar-refractivity contribution in [2.24, 2.45) is 11.8 Å². The second-order valence-electron chi connectivity index (χ2n) is 8.02. The van der Waals surface area contributed by atoms with E-state index in [1.54, 1.807) is 0 Å². The van der Waals surface area contributed by atoms with Gasteiger partial charge in [0.15, 0.2) is 5.82 Å². The van der Waals surface area contributed by atoms with Crippen LogP contribution >= 0.6 is 0 Å². The van der Waals surface area contributed by atoms with Crippen LogP contribution in [0.5, 0.6) is 0 Å². The molecule has 4 N–H and O–H groups in total. The number of nitrogens with two attached hydrogens (primary N) is 1. The second-order valence-corrected chi connectivity index (χ2v) is 8.02. The molecule has 1 saturated carbocycles. The van der Waals surface area contributed by atoms with Crippen LogP contribution in [0.25, 0.3) is 11.1 Å². The van der Waals surface area contributed by atoms with Gasteiger partial charge in [-0.2, -0.15) is 5.10 Å². The van der Waals surface area contributed by atoms with E-state index in [-0.39, 0.29) is 18.1 Å². The first-order chi connectivity index (χ1) is 13.0. The van der Waals surface area contributed by atoms with Crippen LogP contribution in [-0.2, 0) is 0 Å². The van der Waals surface area contributed by atoms with Crippen molar-refractivity contribution in [2.75, 3.05) is 32.9 Å². The fourth-order valence-corrected chi connectivity index (χ4v) is 4.69. The lowest BCUT2D eigenvalue weighted by Gasteiger charge is -2.38. The molecule has 4 atom stereocenters. The Balaban J connectivity index is 1.56. The molecule has 0 radical (unpaired) electrons. The summed E-state index contributed by atoms with van der Waals surface area (Å²) in [4.78, 5) is 17.2. The summed E-state index contributed by atoms with van der Waals surface area (Å²) in [6, 6.07) is 9.79. The Morgan fingerprint density at radius 2 is 1.89 bits per heavy atom. The maximum absolute atomic E-state index is 13.2. The van der Waals surface area contributed by atoms with Gasteiger partial charge in [0, 0.05) is 19.1 Å². The molecule has 2 heterocycles. The molecule has 0 spiro atoms. The van der Waals surface area contributed by atoms with Crippen LogP contribution in [0.1, 0.15) is 23.3 Å². The predicted molar refractivity (Wildman–Crippen MR) is 104 cm³/mol.